The molecule has 0 saturated heterocycles. The monoisotopic (exact) mass is 351 g/mol. The summed E-state index contributed by atoms with van der Waals surface area (Å²) in [5.74, 6) is -0.946. The lowest BCUT2D eigenvalue weighted by Gasteiger charge is -2.08. The molecular formula is C18H17N5O3. The number of carboxylic acids is 1. The van der Waals surface area contributed by atoms with Crippen LogP contribution in [0.5, 0.6) is 0 Å². The van der Waals surface area contributed by atoms with Crippen molar-refractivity contribution in [3.8, 4) is 0 Å². The predicted octanol–water partition coefficient (Wildman–Crippen LogP) is 2.53. The van der Waals surface area contributed by atoms with Gasteiger partial charge in [-0.1, -0.05) is 0 Å². The number of aromatic carboxylic acids is 1. The highest BCUT2D eigenvalue weighted by atomic mass is 16.4. The summed E-state index contributed by atoms with van der Waals surface area (Å²) in [6, 6.07) is 7.14. The molecule has 0 aliphatic carbocycles. The van der Waals surface area contributed by atoms with Gasteiger partial charge in [-0.15, -0.1) is 0 Å². The Hall–Kier alpha value is -3.68. The number of aromatic amines is 2. The minimum Gasteiger partial charge on any atom is -0.478 e. The van der Waals surface area contributed by atoms with E-state index in [-0.39, 0.29) is 11.5 Å². The topological polar surface area (TPSA) is 115 Å². The molecule has 0 aliphatic rings. The van der Waals surface area contributed by atoms with E-state index < -0.39 is 5.97 Å². The molecule has 0 atom stereocenters. The van der Waals surface area contributed by atoms with Crippen molar-refractivity contribution in [2.75, 3.05) is 14.1 Å². The Labute approximate surface area is 148 Å². The van der Waals surface area contributed by atoms with Crippen LogP contribution in [0.1, 0.15) is 20.7 Å². The van der Waals surface area contributed by atoms with Crippen LogP contribution in [0.2, 0.25) is 0 Å². The molecule has 8 nitrogen and oxygen atoms in total. The molecule has 8 heteroatoms. The molecular weight excluding hydrogens is 334 g/mol. The van der Waals surface area contributed by atoms with Crippen LogP contribution in [0.3, 0.4) is 0 Å². The molecule has 0 fully saturated rings. The zero-order valence-electron chi connectivity index (χ0n) is 14.2. The van der Waals surface area contributed by atoms with Gasteiger partial charge in [-0.05, 0) is 24.3 Å². The number of fused-ring (bicyclic) bond motifs is 2. The van der Waals surface area contributed by atoms with E-state index in [2.05, 4.69) is 19.9 Å². The fraction of sp³-hybridized carbons (Fsp3) is 0.111. The Morgan fingerprint density at radius 1 is 0.923 bits per heavy atom. The number of pyridine rings is 2. The summed E-state index contributed by atoms with van der Waals surface area (Å²) < 4.78 is 0. The van der Waals surface area contributed by atoms with Crippen molar-refractivity contribution >= 4 is 33.9 Å². The van der Waals surface area contributed by atoms with E-state index in [0.29, 0.717) is 16.6 Å². The van der Waals surface area contributed by atoms with E-state index in [1.54, 1.807) is 49.7 Å². The van der Waals surface area contributed by atoms with E-state index in [1.807, 2.05) is 12.1 Å². The molecule has 0 radical (unpaired) electrons. The highest BCUT2D eigenvalue weighted by Crippen LogP contribution is 2.16. The van der Waals surface area contributed by atoms with Crippen LogP contribution in [0.15, 0.2) is 49.1 Å². The third-order valence-corrected chi connectivity index (χ3v) is 3.77. The van der Waals surface area contributed by atoms with Crippen molar-refractivity contribution in [1.82, 2.24) is 24.8 Å². The highest BCUT2D eigenvalue weighted by Gasteiger charge is 2.13. The molecule has 132 valence electrons. The summed E-state index contributed by atoms with van der Waals surface area (Å²) in [6.45, 7) is 0. The summed E-state index contributed by atoms with van der Waals surface area (Å²) in [5, 5.41) is 10.2. The minimum atomic E-state index is -0.936. The zero-order valence-corrected chi connectivity index (χ0v) is 14.2. The molecule has 4 rings (SSSR count). The van der Waals surface area contributed by atoms with Crippen LogP contribution < -0.4 is 0 Å². The van der Waals surface area contributed by atoms with Gasteiger partial charge in [0, 0.05) is 49.7 Å². The fourth-order valence-electron chi connectivity index (χ4n) is 2.51. The number of aromatic nitrogens is 4. The zero-order chi connectivity index (χ0) is 18.7. The first-order chi connectivity index (χ1) is 12.5. The van der Waals surface area contributed by atoms with Crippen molar-refractivity contribution in [2.24, 2.45) is 0 Å². The second-order valence-electron chi connectivity index (χ2n) is 5.71. The number of carboxylic acid groups (broad SMARTS) is 1. The Kier molecular flexibility index (Phi) is 4.66. The van der Waals surface area contributed by atoms with Crippen molar-refractivity contribution < 1.29 is 14.7 Å². The number of carbonyl (C=O) groups excluding carboxylic acids is 1. The molecule has 0 spiro atoms. The van der Waals surface area contributed by atoms with Crippen LogP contribution >= 0.6 is 0 Å². The number of rotatable bonds is 2. The molecule has 0 unspecified atom stereocenters. The molecule has 0 aliphatic heterocycles. The van der Waals surface area contributed by atoms with E-state index in [4.69, 9.17) is 5.11 Å². The van der Waals surface area contributed by atoms with Gasteiger partial charge >= 0.3 is 5.97 Å². The third-order valence-electron chi connectivity index (χ3n) is 3.77. The minimum absolute atomic E-state index is 0.00995. The largest absolute Gasteiger partial charge is 0.478 e. The second-order valence-corrected chi connectivity index (χ2v) is 5.71. The second kappa shape index (κ2) is 7.06. The van der Waals surface area contributed by atoms with Crippen LogP contribution in [0.25, 0.3) is 22.1 Å². The van der Waals surface area contributed by atoms with Crippen LogP contribution in [0.4, 0.5) is 0 Å². The lowest BCUT2D eigenvalue weighted by molar-refractivity contribution is 0.0698. The molecule has 3 N–H and O–H groups in total. The van der Waals surface area contributed by atoms with Gasteiger partial charge in [-0.2, -0.15) is 0 Å². The lowest BCUT2D eigenvalue weighted by Crippen LogP contribution is -2.21. The smallest absolute Gasteiger partial charge is 0.337 e. The maximum Gasteiger partial charge on any atom is 0.337 e. The van der Waals surface area contributed by atoms with Gasteiger partial charge < -0.3 is 20.0 Å². The highest BCUT2D eigenvalue weighted by molar-refractivity contribution is 6.05. The van der Waals surface area contributed by atoms with Gasteiger partial charge in [0.1, 0.15) is 11.3 Å². The van der Waals surface area contributed by atoms with E-state index in [0.717, 1.165) is 11.0 Å². The first-order valence-electron chi connectivity index (χ1n) is 7.78. The molecule has 0 bridgehead atoms. The van der Waals surface area contributed by atoms with E-state index >= 15 is 0 Å². The van der Waals surface area contributed by atoms with Crippen LogP contribution in [0, 0.1) is 0 Å². The van der Waals surface area contributed by atoms with E-state index in [9.17, 15) is 9.59 Å². The average Bonchev–Trinajstić information content (AvgIpc) is 3.26. The standard InChI is InChI=1S/C10H11N3O.C8H6N2O2/c1-13(2)10(14)8-6-12-9-7(8)4-3-5-11-9;11-8(12)6-4-10-7-5(6)2-1-3-9-7/h3-6H,1-2H3,(H,11,12);1-4H,(H,9,10)(H,11,12). The Morgan fingerprint density at radius 2 is 1.42 bits per heavy atom. The third kappa shape index (κ3) is 3.25. The van der Waals surface area contributed by atoms with Crippen molar-refractivity contribution in [3.63, 3.8) is 0 Å². The van der Waals surface area contributed by atoms with Gasteiger partial charge in [-0.25, -0.2) is 14.8 Å². The summed E-state index contributed by atoms with van der Waals surface area (Å²) in [4.78, 5) is 37.7. The number of amides is 1. The summed E-state index contributed by atoms with van der Waals surface area (Å²) in [5.41, 5.74) is 2.28. The number of nitrogens with zero attached hydrogens (tertiary/aromatic N) is 3. The van der Waals surface area contributed by atoms with Gasteiger partial charge in [0.2, 0.25) is 0 Å². The molecule has 26 heavy (non-hydrogen) atoms. The average molecular weight is 351 g/mol. The van der Waals surface area contributed by atoms with Gasteiger partial charge in [0.25, 0.3) is 5.91 Å². The number of nitrogens with one attached hydrogen (secondary N) is 2. The number of carbonyl (C=O) groups is 2. The summed E-state index contributed by atoms with van der Waals surface area (Å²) >= 11 is 0. The summed E-state index contributed by atoms with van der Waals surface area (Å²) in [6.07, 6.45) is 6.45. The quantitative estimate of drug-likeness (QED) is 0.513. The van der Waals surface area contributed by atoms with Gasteiger partial charge in [0.15, 0.2) is 0 Å². The number of hydrogen-bond acceptors (Lipinski definition) is 4. The maximum atomic E-state index is 11.7. The van der Waals surface area contributed by atoms with Gasteiger partial charge in [0.05, 0.1) is 11.1 Å². The van der Waals surface area contributed by atoms with Crippen molar-refractivity contribution in [2.45, 2.75) is 0 Å². The first-order valence-corrected chi connectivity index (χ1v) is 7.78. The molecule has 4 aromatic rings. The Bertz CT molecular complexity index is 1080. The van der Waals surface area contributed by atoms with Crippen molar-refractivity contribution in [1.29, 1.82) is 0 Å². The lowest BCUT2D eigenvalue weighted by atomic mass is 10.2. The Morgan fingerprint density at radius 3 is 1.92 bits per heavy atom. The number of hydrogen-bond donors (Lipinski definition) is 3. The van der Waals surface area contributed by atoms with Gasteiger partial charge in [-0.3, -0.25) is 4.79 Å². The Balaban J connectivity index is 0.000000152. The van der Waals surface area contributed by atoms with Crippen LogP contribution in [-0.4, -0.2) is 55.9 Å². The van der Waals surface area contributed by atoms with Crippen molar-refractivity contribution in [3.05, 3.63) is 60.2 Å². The fourth-order valence-corrected chi connectivity index (χ4v) is 2.51. The number of H-pyrrole nitrogens is 2. The molecule has 4 aromatic heterocycles. The first kappa shape index (κ1) is 17.2. The molecule has 4 heterocycles. The maximum absolute atomic E-state index is 11.7. The molecule has 0 aromatic carbocycles. The SMILES string of the molecule is CN(C)C(=O)c1c[nH]c2ncccc12.O=C(O)c1c[nH]c2ncccc12. The predicted molar refractivity (Wildman–Crippen MR) is 97.2 cm³/mol. The normalized spacial score (nSPS) is 10.4. The van der Waals surface area contributed by atoms with Crippen LogP contribution in [-0.2, 0) is 0 Å². The van der Waals surface area contributed by atoms with E-state index in [1.165, 1.54) is 6.20 Å². The molecule has 0 saturated carbocycles. The summed E-state index contributed by atoms with van der Waals surface area (Å²) in [7, 11) is 3.47. The molecule has 1 amide bonds.